The second-order valence-electron chi connectivity index (χ2n) is 4.87. The lowest BCUT2D eigenvalue weighted by atomic mass is 10.1. The smallest absolute Gasteiger partial charge is 0.140 e. The fourth-order valence-electron chi connectivity index (χ4n) is 2.24. The van der Waals surface area contributed by atoms with Crippen molar-refractivity contribution >= 4 is 16.7 Å². The zero-order valence-electron chi connectivity index (χ0n) is 11.5. The number of para-hydroxylation sites is 1. The molecule has 0 aliphatic heterocycles. The number of aromatic nitrogens is 1. The number of hydrogen-bond donors (Lipinski definition) is 1. The molecule has 1 atom stereocenters. The van der Waals surface area contributed by atoms with Crippen molar-refractivity contribution in [2.75, 3.05) is 6.54 Å². The minimum Gasteiger partial charge on any atom is -0.314 e. The summed E-state index contributed by atoms with van der Waals surface area (Å²) in [7, 11) is 0. The molecule has 0 bridgehead atoms. The summed E-state index contributed by atoms with van der Waals surface area (Å²) in [6.07, 6.45) is 0.975. The molecule has 3 nitrogen and oxygen atoms in total. The van der Waals surface area contributed by atoms with Crippen LogP contribution in [0.4, 0.5) is 0 Å². The number of rotatable bonds is 6. The van der Waals surface area contributed by atoms with Gasteiger partial charge < -0.3 is 5.32 Å². The van der Waals surface area contributed by atoms with Gasteiger partial charge in [0.05, 0.1) is 5.52 Å². The lowest BCUT2D eigenvalue weighted by molar-refractivity contribution is -0.118. The van der Waals surface area contributed by atoms with Gasteiger partial charge >= 0.3 is 0 Å². The summed E-state index contributed by atoms with van der Waals surface area (Å²) in [6.45, 7) is 4.98. The summed E-state index contributed by atoms with van der Waals surface area (Å²) >= 11 is 0. The third-order valence-electron chi connectivity index (χ3n) is 3.12. The second kappa shape index (κ2) is 6.43. The van der Waals surface area contributed by atoms with E-state index >= 15 is 0 Å². The van der Waals surface area contributed by atoms with Gasteiger partial charge in [-0.25, -0.2) is 0 Å². The highest BCUT2D eigenvalue weighted by atomic mass is 16.1. The van der Waals surface area contributed by atoms with Crippen molar-refractivity contribution in [1.29, 1.82) is 0 Å². The molecule has 0 radical (unpaired) electrons. The zero-order valence-corrected chi connectivity index (χ0v) is 11.5. The zero-order chi connectivity index (χ0) is 13.7. The van der Waals surface area contributed by atoms with Gasteiger partial charge in [0, 0.05) is 30.0 Å². The van der Waals surface area contributed by atoms with E-state index < -0.39 is 0 Å². The molecular formula is C16H20N2O. The first-order chi connectivity index (χ1) is 9.19. The van der Waals surface area contributed by atoms with Crippen LogP contribution in [0, 0.1) is 0 Å². The highest BCUT2D eigenvalue weighted by Gasteiger charge is 2.10. The lowest BCUT2D eigenvalue weighted by Gasteiger charge is -2.10. The Kier molecular flexibility index (Phi) is 4.63. The quantitative estimate of drug-likeness (QED) is 0.864. The number of benzene rings is 1. The van der Waals surface area contributed by atoms with E-state index in [1.807, 2.05) is 50.2 Å². The monoisotopic (exact) mass is 256 g/mol. The van der Waals surface area contributed by atoms with Crippen molar-refractivity contribution in [1.82, 2.24) is 10.3 Å². The summed E-state index contributed by atoms with van der Waals surface area (Å²) in [4.78, 5) is 16.5. The molecule has 1 N–H and O–H groups in total. The summed E-state index contributed by atoms with van der Waals surface area (Å²) in [5, 5.41) is 4.36. The number of nitrogens with one attached hydrogen (secondary N) is 1. The molecule has 3 heteroatoms. The number of fused-ring (bicyclic) bond motifs is 1. The standard InChI is InChI=1S/C16H20N2O/c1-3-17-12(2)10-15(19)11-14-9-8-13-6-4-5-7-16(13)18-14/h4-9,12,17H,3,10-11H2,1-2H3. The normalized spacial score (nSPS) is 12.5. The van der Waals surface area contributed by atoms with Crippen molar-refractivity contribution in [2.45, 2.75) is 32.7 Å². The first-order valence-electron chi connectivity index (χ1n) is 6.78. The van der Waals surface area contributed by atoms with Gasteiger partial charge in [-0.1, -0.05) is 31.2 Å². The number of pyridine rings is 1. The summed E-state index contributed by atoms with van der Waals surface area (Å²) in [5.41, 5.74) is 1.81. The molecule has 0 saturated carbocycles. The van der Waals surface area contributed by atoms with E-state index in [2.05, 4.69) is 10.3 Å². The average Bonchev–Trinajstić information content (AvgIpc) is 2.38. The van der Waals surface area contributed by atoms with Crippen LogP contribution in [0.15, 0.2) is 36.4 Å². The van der Waals surface area contributed by atoms with Gasteiger partial charge in [0.1, 0.15) is 5.78 Å². The topological polar surface area (TPSA) is 42.0 Å². The van der Waals surface area contributed by atoms with E-state index in [1.54, 1.807) is 0 Å². The van der Waals surface area contributed by atoms with Crippen LogP contribution in [-0.4, -0.2) is 23.4 Å². The van der Waals surface area contributed by atoms with Crippen molar-refractivity contribution in [3.05, 3.63) is 42.1 Å². The fraction of sp³-hybridized carbons (Fsp3) is 0.375. The molecule has 19 heavy (non-hydrogen) atoms. The Hall–Kier alpha value is -1.74. The molecule has 1 heterocycles. The van der Waals surface area contributed by atoms with Crippen LogP contribution in [0.5, 0.6) is 0 Å². The van der Waals surface area contributed by atoms with Gasteiger partial charge in [0.25, 0.3) is 0 Å². The Morgan fingerprint density at radius 3 is 2.84 bits per heavy atom. The van der Waals surface area contributed by atoms with Crippen molar-refractivity contribution in [3.63, 3.8) is 0 Å². The Bertz CT molecular complexity index is 565. The predicted molar refractivity (Wildman–Crippen MR) is 78.2 cm³/mol. The van der Waals surface area contributed by atoms with Gasteiger partial charge in [0.15, 0.2) is 0 Å². The second-order valence-corrected chi connectivity index (χ2v) is 4.87. The SMILES string of the molecule is CCNC(C)CC(=O)Cc1ccc2ccccc2n1. The first-order valence-corrected chi connectivity index (χ1v) is 6.78. The van der Waals surface area contributed by atoms with Crippen LogP contribution < -0.4 is 5.32 Å². The third-order valence-corrected chi connectivity index (χ3v) is 3.12. The van der Waals surface area contributed by atoms with Crippen LogP contribution in [0.25, 0.3) is 10.9 Å². The lowest BCUT2D eigenvalue weighted by Crippen LogP contribution is -2.28. The van der Waals surface area contributed by atoms with E-state index in [-0.39, 0.29) is 11.8 Å². The summed E-state index contributed by atoms with van der Waals surface area (Å²) in [5.74, 6) is 0.233. The predicted octanol–water partition coefficient (Wildman–Crippen LogP) is 2.73. The summed E-state index contributed by atoms with van der Waals surface area (Å²) in [6, 6.07) is 12.2. The maximum absolute atomic E-state index is 12.0. The fourth-order valence-corrected chi connectivity index (χ4v) is 2.24. The minimum atomic E-state index is 0.233. The van der Waals surface area contributed by atoms with Gasteiger partial charge in [-0.3, -0.25) is 9.78 Å². The maximum Gasteiger partial charge on any atom is 0.140 e. The molecule has 0 aliphatic carbocycles. The first kappa shape index (κ1) is 13.7. The van der Waals surface area contributed by atoms with Gasteiger partial charge in [-0.2, -0.15) is 0 Å². The number of nitrogens with zero attached hydrogens (tertiary/aromatic N) is 1. The molecule has 0 saturated heterocycles. The molecule has 2 aromatic rings. The van der Waals surface area contributed by atoms with E-state index in [4.69, 9.17) is 0 Å². The molecule has 1 aromatic carbocycles. The van der Waals surface area contributed by atoms with Crippen molar-refractivity contribution in [3.8, 4) is 0 Å². The maximum atomic E-state index is 12.0. The molecule has 1 aromatic heterocycles. The molecule has 100 valence electrons. The van der Waals surface area contributed by atoms with Gasteiger partial charge in [0.2, 0.25) is 0 Å². The molecule has 2 rings (SSSR count). The molecule has 0 fully saturated rings. The van der Waals surface area contributed by atoms with Crippen molar-refractivity contribution < 1.29 is 4.79 Å². The van der Waals surface area contributed by atoms with E-state index in [0.717, 1.165) is 23.1 Å². The van der Waals surface area contributed by atoms with E-state index in [1.165, 1.54) is 0 Å². The summed E-state index contributed by atoms with van der Waals surface area (Å²) < 4.78 is 0. The van der Waals surface area contributed by atoms with Crippen LogP contribution in [0.2, 0.25) is 0 Å². The third kappa shape index (κ3) is 3.86. The minimum absolute atomic E-state index is 0.233. The highest BCUT2D eigenvalue weighted by Crippen LogP contribution is 2.12. The van der Waals surface area contributed by atoms with Crippen molar-refractivity contribution in [2.24, 2.45) is 0 Å². The number of ketones is 1. The van der Waals surface area contributed by atoms with Crippen LogP contribution >= 0.6 is 0 Å². The van der Waals surface area contributed by atoms with Crippen LogP contribution in [0.1, 0.15) is 26.0 Å². The molecule has 0 aliphatic rings. The van der Waals surface area contributed by atoms with Gasteiger partial charge in [-0.05, 0) is 25.6 Å². The molecule has 0 spiro atoms. The number of hydrogen-bond acceptors (Lipinski definition) is 3. The Morgan fingerprint density at radius 1 is 1.26 bits per heavy atom. The van der Waals surface area contributed by atoms with E-state index in [0.29, 0.717) is 12.8 Å². The number of carbonyl (C=O) groups excluding carboxylic acids is 1. The van der Waals surface area contributed by atoms with Crippen LogP contribution in [0.3, 0.4) is 0 Å². The highest BCUT2D eigenvalue weighted by molar-refractivity contribution is 5.83. The Labute approximate surface area is 114 Å². The Balaban J connectivity index is 2.02. The van der Waals surface area contributed by atoms with Crippen LogP contribution in [-0.2, 0) is 11.2 Å². The average molecular weight is 256 g/mol. The largest absolute Gasteiger partial charge is 0.314 e. The number of carbonyl (C=O) groups is 1. The molecular weight excluding hydrogens is 236 g/mol. The van der Waals surface area contributed by atoms with Gasteiger partial charge in [-0.15, -0.1) is 0 Å². The number of Topliss-reactive ketones (excluding diaryl/α,β-unsaturated/α-hetero) is 1. The van der Waals surface area contributed by atoms with E-state index in [9.17, 15) is 4.79 Å². The molecule has 0 amide bonds. The Morgan fingerprint density at radius 2 is 2.05 bits per heavy atom. The molecule has 1 unspecified atom stereocenters.